The number of fused-ring (bicyclic) bond motifs is 3. The summed E-state index contributed by atoms with van der Waals surface area (Å²) in [6.45, 7) is 2.71. The predicted octanol–water partition coefficient (Wildman–Crippen LogP) is 7.72. The molecule has 33 heavy (non-hydrogen) atoms. The lowest BCUT2D eigenvalue weighted by Crippen LogP contribution is -2.37. The monoisotopic (exact) mass is 485 g/mol. The van der Waals surface area contributed by atoms with E-state index in [1.165, 1.54) is 17.3 Å². The number of para-hydroxylation sites is 1. The van der Waals surface area contributed by atoms with Crippen LogP contribution in [0, 0.1) is 0 Å². The number of rotatable bonds is 8. The van der Waals surface area contributed by atoms with Crippen LogP contribution < -0.4 is 15.0 Å². The second-order valence-electron chi connectivity index (χ2n) is 7.70. The molecule has 0 atom stereocenters. The van der Waals surface area contributed by atoms with Gasteiger partial charge in [0.2, 0.25) is 0 Å². The summed E-state index contributed by atoms with van der Waals surface area (Å²) in [5.41, 5.74) is 2.32. The Morgan fingerprint density at radius 1 is 1.09 bits per heavy atom. The average molecular weight is 486 g/mol. The number of unbranched alkanes of at least 4 members (excludes halogenated alkanes) is 3. The quantitative estimate of drug-likeness (QED) is 0.259. The van der Waals surface area contributed by atoms with E-state index in [-0.39, 0.29) is 16.1 Å². The summed E-state index contributed by atoms with van der Waals surface area (Å²) in [5, 5.41) is 5.29. The molecule has 172 valence electrons. The number of methoxy groups -OCH3 is 1. The molecule has 0 bridgehead atoms. The zero-order valence-electron chi connectivity index (χ0n) is 18.5. The van der Waals surface area contributed by atoms with Crippen molar-refractivity contribution in [2.45, 2.75) is 32.6 Å². The number of carbonyl (C=O) groups is 1. The summed E-state index contributed by atoms with van der Waals surface area (Å²) in [6, 6.07) is 10.9. The number of aromatic nitrogens is 1. The van der Waals surface area contributed by atoms with Gasteiger partial charge in [0.05, 0.1) is 28.5 Å². The molecule has 0 aliphatic rings. The second-order valence-corrected chi connectivity index (χ2v) is 8.51. The van der Waals surface area contributed by atoms with Crippen molar-refractivity contribution in [3.63, 3.8) is 0 Å². The highest BCUT2D eigenvalue weighted by Gasteiger charge is 2.24. The van der Waals surface area contributed by atoms with Gasteiger partial charge in [0.1, 0.15) is 5.58 Å². The minimum atomic E-state index is -0.314. The summed E-state index contributed by atoms with van der Waals surface area (Å²) >= 11 is 12.9. The van der Waals surface area contributed by atoms with Crippen LogP contribution in [0.4, 0.5) is 16.2 Å². The lowest BCUT2D eigenvalue weighted by molar-refractivity contribution is 0.248. The molecule has 0 saturated heterocycles. The van der Waals surface area contributed by atoms with Crippen molar-refractivity contribution in [3.8, 4) is 5.75 Å². The number of carbonyl (C=O) groups excluding carboxylic acids is 1. The van der Waals surface area contributed by atoms with Gasteiger partial charge in [0, 0.05) is 29.7 Å². The van der Waals surface area contributed by atoms with E-state index in [9.17, 15) is 4.79 Å². The fourth-order valence-electron chi connectivity index (χ4n) is 3.85. The molecule has 0 radical (unpaired) electrons. The minimum Gasteiger partial charge on any atom is -0.493 e. The van der Waals surface area contributed by atoms with Crippen molar-refractivity contribution in [3.05, 3.63) is 58.8 Å². The number of benzene rings is 2. The summed E-state index contributed by atoms with van der Waals surface area (Å²) in [5.74, 6) is 0.646. The number of amides is 2. The van der Waals surface area contributed by atoms with E-state index in [4.69, 9.17) is 32.4 Å². The molecule has 4 aromatic rings. The van der Waals surface area contributed by atoms with Crippen LogP contribution in [0.2, 0.25) is 10.0 Å². The van der Waals surface area contributed by atoms with Crippen LogP contribution in [0.3, 0.4) is 0 Å². The van der Waals surface area contributed by atoms with Gasteiger partial charge in [0.25, 0.3) is 0 Å². The molecule has 2 amide bonds. The maximum Gasteiger partial charge on any atom is 0.326 e. The fourth-order valence-corrected chi connectivity index (χ4v) is 4.39. The Labute approximate surface area is 202 Å². The van der Waals surface area contributed by atoms with E-state index in [1.54, 1.807) is 13.2 Å². The molecule has 0 spiro atoms. The number of urea groups is 1. The first-order valence-corrected chi connectivity index (χ1v) is 11.7. The number of nitrogens with one attached hydrogen (secondary N) is 1. The number of pyridine rings is 1. The molecule has 0 saturated carbocycles. The van der Waals surface area contributed by atoms with Crippen LogP contribution in [0.25, 0.3) is 21.9 Å². The fraction of sp³-hybridized carbons (Fsp3) is 0.280. The van der Waals surface area contributed by atoms with Gasteiger partial charge < -0.3 is 14.5 Å². The molecular formula is C25H25Cl2N3O3. The zero-order valence-corrected chi connectivity index (χ0v) is 20.0. The number of halogens is 2. The van der Waals surface area contributed by atoms with Gasteiger partial charge in [-0.05, 0) is 30.7 Å². The molecule has 8 heteroatoms. The number of nitrogens with zero attached hydrogens (tertiary/aromatic N) is 2. The first-order valence-electron chi connectivity index (χ1n) is 10.9. The third-order valence-electron chi connectivity index (χ3n) is 5.48. The second kappa shape index (κ2) is 10.3. The smallest absolute Gasteiger partial charge is 0.326 e. The van der Waals surface area contributed by atoms with E-state index in [0.29, 0.717) is 34.8 Å². The first-order chi connectivity index (χ1) is 16.0. The lowest BCUT2D eigenvalue weighted by atomic mass is 10.1. The van der Waals surface area contributed by atoms with Crippen LogP contribution in [0.15, 0.2) is 53.2 Å². The predicted molar refractivity (Wildman–Crippen MR) is 134 cm³/mol. The molecule has 2 aromatic carbocycles. The van der Waals surface area contributed by atoms with E-state index in [0.717, 1.165) is 36.5 Å². The van der Waals surface area contributed by atoms with E-state index >= 15 is 0 Å². The van der Waals surface area contributed by atoms with Gasteiger partial charge in [-0.15, -0.1) is 0 Å². The van der Waals surface area contributed by atoms with Crippen LogP contribution >= 0.6 is 23.2 Å². The van der Waals surface area contributed by atoms with Crippen LogP contribution in [0.1, 0.15) is 32.6 Å². The Bertz CT molecular complexity index is 1270. The molecule has 0 aliphatic carbocycles. The van der Waals surface area contributed by atoms with Crippen molar-refractivity contribution in [2.75, 3.05) is 18.6 Å². The number of hydrogen-bond donors (Lipinski definition) is 1. The largest absolute Gasteiger partial charge is 0.493 e. The Morgan fingerprint density at radius 2 is 1.88 bits per heavy atom. The minimum absolute atomic E-state index is 0.280. The number of hydrogen-bond acceptors (Lipinski definition) is 4. The normalized spacial score (nSPS) is 11.2. The number of anilines is 2. The third-order valence-corrected chi connectivity index (χ3v) is 6.04. The van der Waals surface area contributed by atoms with E-state index in [2.05, 4.69) is 17.2 Å². The Hall–Kier alpha value is -2.96. The van der Waals surface area contributed by atoms with Crippen molar-refractivity contribution < 1.29 is 13.9 Å². The molecule has 4 rings (SSSR count). The molecule has 0 fully saturated rings. The van der Waals surface area contributed by atoms with E-state index in [1.807, 2.05) is 30.3 Å². The summed E-state index contributed by atoms with van der Waals surface area (Å²) in [7, 11) is 1.60. The molecule has 1 N–H and O–H groups in total. The van der Waals surface area contributed by atoms with Gasteiger partial charge in [0.15, 0.2) is 11.3 Å². The van der Waals surface area contributed by atoms with Crippen LogP contribution in [-0.2, 0) is 0 Å². The standard InChI is InChI=1S/C25H25Cl2N3O3/c1-3-4-5-6-12-29-25(31)30(23-19(26)14-28-15-20(23)27)16-10-11-21-18(13-16)17-8-7-9-22(32-2)24(17)33-21/h7-11,13-15H,3-6,12H2,1-2H3,(H,29,31). The van der Waals surface area contributed by atoms with Gasteiger partial charge >= 0.3 is 6.03 Å². The summed E-state index contributed by atoms with van der Waals surface area (Å²) in [4.78, 5) is 18.9. The van der Waals surface area contributed by atoms with Crippen molar-refractivity contribution in [2.24, 2.45) is 0 Å². The third kappa shape index (κ3) is 4.72. The Balaban J connectivity index is 1.78. The van der Waals surface area contributed by atoms with Gasteiger partial charge in [-0.1, -0.05) is 61.5 Å². The maximum absolute atomic E-state index is 13.4. The van der Waals surface area contributed by atoms with Crippen molar-refractivity contribution >= 4 is 62.5 Å². The molecule has 0 unspecified atom stereocenters. The molecular weight excluding hydrogens is 461 g/mol. The molecule has 2 heterocycles. The summed E-state index contributed by atoms with van der Waals surface area (Å²) < 4.78 is 11.5. The molecule has 2 aromatic heterocycles. The number of ether oxygens (including phenoxy) is 1. The SMILES string of the molecule is CCCCCCNC(=O)N(c1ccc2oc3c(OC)cccc3c2c1)c1c(Cl)cncc1Cl. The van der Waals surface area contributed by atoms with E-state index < -0.39 is 0 Å². The Kier molecular flexibility index (Phi) is 7.26. The van der Waals surface area contributed by atoms with Gasteiger partial charge in [-0.3, -0.25) is 9.88 Å². The molecule has 0 aliphatic heterocycles. The highest BCUT2D eigenvalue weighted by molar-refractivity contribution is 6.40. The zero-order chi connectivity index (χ0) is 23.4. The summed E-state index contributed by atoms with van der Waals surface area (Å²) in [6.07, 6.45) is 7.17. The van der Waals surface area contributed by atoms with Gasteiger partial charge in [-0.25, -0.2) is 4.79 Å². The maximum atomic E-state index is 13.4. The molecule has 6 nitrogen and oxygen atoms in total. The van der Waals surface area contributed by atoms with Crippen LogP contribution in [-0.4, -0.2) is 24.7 Å². The van der Waals surface area contributed by atoms with Crippen molar-refractivity contribution in [1.82, 2.24) is 10.3 Å². The number of furan rings is 1. The highest BCUT2D eigenvalue weighted by Crippen LogP contribution is 2.41. The van der Waals surface area contributed by atoms with Gasteiger partial charge in [-0.2, -0.15) is 0 Å². The average Bonchev–Trinajstić information content (AvgIpc) is 3.19. The first kappa shape index (κ1) is 23.2. The van der Waals surface area contributed by atoms with Crippen LogP contribution in [0.5, 0.6) is 5.75 Å². The Morgan fingerprint density at radius 3 is 2.61 bits per heavy atom. The lowest BCUT2D eigenvalue weighted by Gasteiger charge is -2.25. The topological polar surface area (TPSA) is 67.6 Å². The highest BCUT2D eigenvalue weighted by atomic mass is 35.5. The van der Waals surface area contributed by atoms with Crippen molar-refractivity contribution in [1.29, 1.82) is 0 Å².